The van der Waals surface area contributed by atoms with E-state index in [1.54, 1.807) is 0 Å². The lowest BCUT2D eigenvalue weighted by Crippen LogP contribution is -2.39. The molecule has 1 atom stereocenters. The Hall–Kier alpha value is -1.35. The molecule has 1 N–H and O–H groups in total. The van der Waals surface area contributed by atoms with Gasteiger partial charge in [0.15, 0.2) is 0 Å². The van der Waals surface area contributed by atoms with Crippen LogP contribution in [0, 0.1) is 0 Å². The smallest absolute Gasteiger partial charge is 0.241 e. The monoisotopic (exact) mass is 236 g/mol. The lowest BCUT2D eigenvalue weighted by molar-refractivity contribution is -0.120. The molecule has 3 heteroatoms. The molecule has 0 bridgehead atoms. The van der Waals surface area contributed by atoms with Crippen molar-refractivity contribution in [3.63, 3.8) is 0 Å². The van der Waals surface area contributed by atoms with Gasteiger partial charge in [0.25, 0.3) is 0 Å². The first-order chi connectivity index (χ1) is 8.15. The molecule has 1 unspecified atom stereocenters. The molecule has 1 aromatic carbocycles. The zero-order chi connectivity index (χ0) is 13.3. The Morgan fingerprint density at radius 3 is 2.29 bits per heavy atom. The molecule has 0 aromatic heterocycles. The van der Waals surface area contributed by atoms with Crippen LogP contribution in [0.5, 0.6) is 0 Å². The normalized spacial score (nSPS) is 11.4. The summed E-state index contributed by atoms with van der Waals surface area (Å²) in [4.78, 5) is 13.8. The summed E-state index contributed by atoms with van der Waals surface area (Å²) in [7, 11) is 1.94. The van der Waals surface area contributed by atoms with Gasteiger partial charge in [0.05, 0.1) is 6.04 Å². The lowest BCUT2D eigenvalue weighted by Gasteiger charge is -2.21. The van der Waals surface area contributed by atoms with E-state index in [4.69, 9.17) is 0 Å². The fourth-order valence-electron chi connectivity index (χ4n) is 1.24. The van der Waals surface area contributed by atoms with Crippen LogP contribution >= 0.6 is 0 Å². The number of nitrogens with one attached hydrogen (secondary N) is 1. The molecule has 1 aromatic rings. The van der Waals surface area contributed by atoms with Crippen molar-refractivity contribution in [3.8, 4) is 0 Å². The van der Waals surface area contributed by atoms with Gasteiger partial charge in [-0.25, -0.2) is 0 Å². The summed E-state index contributed by atoms with van der Waals surface area (Å²) in [6.45, 7) is 8.80. The number of likely N-dealkylation sites (N-methyl/N-ethyl adjacent to an activating group) is 1. The van der Waals surface area contributed by atoms with Crippen LogP contribution < -0.4 is 5.32 Å². The molecule has 0 fully saturated rings. The van der Waals surface area contributed by atoms with Gasteiger partial charge in [0.2, 0.25) is 5.91 Å². The molecular weight excluding hydrogens is 212 g/mol. The summed E-state index contributed by atoms with van der Waals surface area (Å²) in [6, 6.07) is 9.41. The maximum absolute atomic E-state index is 11.8. The second-order valence-corrected chi connectivity index (χ2v) is 3.60. The van der Waals surface area contributed by atoms with Crippen LogP contribution in [-0.2, 0) is 4.79 Å². The molecule has 1 rings (SSSR count). The van der Waals surface area contributed by atoms with E-state index >= 15 is 0 Å². The molecule has 0 spiro atoms. The molecule has 0 saturated carbocycles. The van der Waals surface area contributed by atoms with Crippen molar-refractivity contribution in [2.45, 2.75) is 33.7 Å². The molecule has 0 radical (unpaired) electrons. The Morgan fingerprint density at radius 2 is 1.82 bits per heavy atom. The van der Waals surface area contributed by atoms with Gasteiger partial charge in [-0.1, -0.05) is 39.0 Å². The number of rotatable bonds is 4. The Morgan fingerprint density at radius 1 is 1.29 bits per heavy atom. The van der Waals surface area contributed by atoms with Crippen molar-refractivity contribution in [2.75, 3.05) is 18.9 Å². The number of amides is 1. The third-order valence-electron chi connectivity index (χ3n) is 2.58. The topological polar surface area (TPSA) is 32.3 Å². The molecular formula is C14H24N2O. The quantitative estimate of drug-likeness (QED) is 0.871. The minimum atomic E-state index is -0.102. The van der Waals surface area contributed by atoms with Crippen molar-refractivity contribution in [1.82, 2.24) is 4.90 Å². The summed E-state index contributed by atoms with van der Waals surface area (Å²) in [6.07, 6.45) is 0. The van der Waals surface area contributed by atoms with E-state index < -0.39 is 0 Å². The van der Waals surface area contributed by atoms with Gasteiger partial charge < -0.3 is 5.32 Å². The number of anilines is 1. The minimum Gasteiger partial charge on any atom is -0.325 e. The average molecular weight is 236 g/mol. The Labute approximate surface area is 105 Å². The Bertz CT molecular complexity index is 311. The third-order valence-corrected chi connectivity index (χ3v) is 2.58. The van der Waals surface area contributed by atoms with Gasteiger partial charge in [0, 0.05) is 5.69 Å². The molecule has 0 saturated heterocycles. The van der Waals surface area contributed by atoms with Crippen LogP contribution in [0.3, 0.4) is 0 Å². The number of hydrogen-bond donors (Lipinski definition) is 1. The van der Waals surface area contributed by atoms with Crippen molar-refractivity contribution in [1.29, 1.82) is 0 Å². The average Bonchev–Trinajstić information content (AvgIpc) is 2.40. The van der Waals surface area contributed by atoms with E-state index in [0.717, 1.165) is 12.2 Å². The summed E-state index contributed by atoms with van der Waals surface area (Å²) < 4.78 is 0. The van der Waals surface area contributed by atoms with Crippen LogP contribution in [0.4, 0.5) is 5.69 Å². The van der Waals surface area contributed by atoms with Crippen molar-refractivity contribution in [3.05, 3.63) is 30.3 Å². The first kappa shape index (κ1) is 15.7. The van der Waals surface area contributed by atoms with Crippen LogP contribution in [0.1, 0.15) is 27.7 Å². The largest absolute Gasteiger partial charge is 0.325 e. The number of nitrogens with zero attached hydrogens (tertiary/aromatic N) is 1. The van der Waals surface area contributed by atoms with Crippen LogP contribution in [0.25, 0.3) is 0 Å². The van der Waals surface area contributed by atoms with Gasteiger partial charge in [-0.2, -0.15) is 0 Å². The molecule has 0 heterocycles. The summed E-state index contributed by atoms with van der Waals surface area (Å²) in [5.74, 6) is 0.0329. The second-order valence-electron chi connectivity index (χ2n) is 3.60. The summed E-state index contributed by atoms with van der Waals surface area (Å²) >= 11 is 0. The van der Waals surface area contributed by atoms with Crippen molar-refractivity contribution < 1.29 is 4.79 Å². The lowest BCUT2D eigenvalue weighted by atomic mass is 10.2. The van der Waals surface area contributed by atoms with Crippen LogP contribution in [0.2, 0.25) is 0 Å². The summed E-state index contributed by atoms with van der Waals surface area (Å²) in [5.41, 5.74) is 0.846. The maximum Gasteiger partial charge on any atom is 0.241 e. The van der Waals surface area contributed by atoms with Gasteiger partial charge in [-0.3, -0.25) is 9.69 Å². The first-order valence-corrected chi connectivity index (χ1v) is 6.21. The molecule has 3 nitrogen and oxygen atoms in total. The first-order valence-electron chi connectivity index (χ1n) is 6.21. The predicted molar refractivity (Wildman–Crippen MR) is 74.2 cm³/mol. The highest BCUT2D eigenvalue weighted by atomic mass is 16.2. The highest BCUT2D eigenvalue weighted by Crippen LogP contribution is 2.06. The van der Waals surface area contributed by atoms with Crippen LogP contribution in [0.15, 0.2) is 30.3 Å². The van der Waals surface area contributed by atoms with E-state index in [1.165, 1.54) is 0 Å². The maximum atomic E-state index is 11.8. The number of carbonyl (C=O) groups excluding carboxylic acids is 1. The molecule has 1 amide bonds. The number of para-hydroxylation sites is 1. The zero-order valence-corrected chi connectivity index (χ0v) is 11.5. The highest BCUT2D eigenvalue weighted by Gasteiger charge is 2.16. The minimum absolute atomic E-state index is 0.0329. The van der Waals surface area contributed by atoms with Crippen molar-refractivity contribution in [2.24, 2.45) is 0 Å². The SMILES string of the molecule is CC.CCN(C)C(C)C(=O)Nc1ccccc1. The van der Waals surface area contributed by atoms with Gasteiger partial charge in [-0.05, 0) is 32.6 Å². The fraction of sp³-hybridized carbons (Fsp3) is 0.500. The summed E-state index contributed by atoms with van der Waals surface area (Å²) in [5, 5.41) is 2.88. The van der Waals surface area contributed by atoms with E-state index in [0.29, 0.717) is 0 Å². The Balaban J connectivity index is 0.00000121. The van der Waals surface area contributed by atoms with Gasteiger partial charge in [-0.15, -0.1) is 0 Å². The number of carbonyl (C=O) groups is 1. The highest BCUT2D eigenvalue weighted by molar-refractivity contribution is 5.94. The number of hydrogen-bond acceptors (Lipinski definition) is 2. The molecule has 96 valence electrons. The van der Waals surface area contributed by atoms with Crippen molar-refractivity contribution >= 4 is 11.6 Å². The molecule has 0 aliphatic heterocycles. The fourth-order valence-corrected chi connectivity index (χ4v) is 1.24. The van der Waals surface area contributed by atoms with E-state index in [9.17, 15) is 4.79 Å². The number of benzene rings is 1. The van der Waals surface area contributed by atoms with E-state index in [-0.39, 0.29) is 11.9 Å². The third kappa shape index (κ3) is 5.50. The van der Waals surface area contributed by atoms with E-state index in [2.05, 4.69) is 5.32 Å². The van der Waals surface area contributed by atoms with E-state index in [1.807, 2.05) is 70.0 Å². The second kappa shape index (κ2) is 8.76. The predicted octanol–water partition coefficient (Wildman–Crippen LogP) is 2.99. The van der Waals surface area contributed by atoms with Gasteiger partial charge >= 0.3 is 0 Å². The van der Waals surface area contributed by atoms with Gasteiger partial charge in [0.1, 0.15) is 0 Å². The Kier molecular flexibility index (Phi) is 8.07. The zero-order valence-electron chi connectivity index (χ0n) is 11.5. The van der Waals surface area contributed by atoms with Crippen LogP contribution in [-0.4, -0.2) is 30.4 Å². The molecule has 0 aliphatic rings. The standard InChI is InChI=1S/C12H18N2O.C2H6/c1-4-14(3)10(2)12(15)13-11-8-6-5-7-9-11;1-2/h5-10H,4H2,1-3H3,(H,13,15);1-2H3. The molecule has 0 aliphatic carbocycles. The molecule has 17 heavy (non-hydrogen) atoms.